The number of aldehydes is 1. The first-order valence-electron chi connectivity index (χ1n) is 13.5. The van der Waals surface area contributed by atoms with Gasteiger partial charge < -0.3 is 15.0 Å². The number of hydrogen-bond acceptors (Lipinski definition) is 5. The van der Waals surface area contributed by atoms with Crippen LogP contribution in [0.5, 0.6) is 0 Å². The van der Waals surface area contributed by atoms with Crippen molar-refractivity contribution < 1.29 is 14.4 Å². The van der Waals surface area contributed by atoms with Gasteiger partial charge in [-0.3, -0.25) is 9.69 Å². The summed E-state index contributed by atoms with van der Waals surface area (Å²) in [5.74, 6) is 2.58. The Labute approximate surface area is 224 Å². The molecule has 1 aliphatic rings. The van der Waals surface area contributed by atoms with Gasteiger partial charge in [0.25, 0.3) is 0 Å². The van der Waals surface area contributed by atoms with Gasteiger partial charge in [-0.1, -0.05) is 77.3 Å². The van der Waals surface area contributed by atoms with Gasteiger partial charge in [0.05, 0.1) is 19.1 Å². The number of rotatable bonds is 12. The Morgan fingerprint density at radius 1 is 1.24 bits per heavy atom. The van der Waals surface area contributed by atoms with Crippen LogP contribution in [0.2, 0.25) is 0 Å². The molecule has 0 aromatic heterocycles. The SMILES string of the molecule is C#CCN1CC(=O)N([C@H](C=O)CC(C)C)C(CN(C)C(C)CCC)N1C(=O)NCc1ccccc1.CC. The highest BCUT2D eigenvalue weighted by molar-refractivity contribution is 5.85. The zero-order valence-electron chi connectivity index (χ0n) is 23.8. The number of terminal acetylenes is 1. The highest BCUT2D eigenvalue weighted by Crippen LogP contribution is 2.24. The third-order valence-electron chi connectivity index (χ3n) is 6.42. The fourth-order valence-electron chi connectivity index (χ4n) is 4.51. The number of hydrogen-bond donors (Lipinski definition) is 1. The highest BCUT2D eigenvalue weighted by atomic mass is 16.2. The predicted molar refractivity (Wildman–Crippen MR) is 149 cm³/mol. The molecule has 206 valence electrons. The van der Waals surface area contributed by atoms with E-state index in [-0.39, 0.29) is 37.0 Å². The van der Waals surface area contributed by atoms with Gasteiger partial charge in [-0.2, -0.15) is 5.01 Å². The van der Waals surface area contributed by atoms with Crippen LogP contribution in [0.4, 0.5) is 4.79 Å². The molecular weight excluding hydrogens is 466 g/mol. The number of nitrogens with zero attached hydrogens (tertiary/aromatic N) is 4. The minimum absolute atomic E-state index is 0.0594. The second kappa shape index (κ2) is 16.8. The number of nitrogens with one attached hydrogen (secondary N) is 1. The molecule has 37 heavy (non-hydrogen) atoms. The van der Waals surface area contributed by atoms with Crippen LogP contribution in [0.1, 0.15) is 66.4 Å². The number of likely N-dealkylation sites (N-methyl/N-ethyl adjacent to an activating group) is 1. The van der Waals surface area contributed by atoms with E-state index in [4.69, 9.17) is 6.42 Å². The Morgan fingerprint density at radius 3 is 2.43 bits per heavy atom. The molecular formula is C29H47N5O3. The molecule has 1 fully saturated rings. The molecule has 2 unspecified atom stereocenters. The van der Waals surface area contributed by atoms with Crippen molar-refractivity contribution in [2.45, 2.75) is 85.6 Å². The molecule has 3 atom stereocenters. The zero-order chi connectivity index (χ0) is 28.0. The topological polar surface area (TPSA) is 76.2 Å². The summed E-state index contributed by atoms with van der Waals surface area (Å²) in [4.78, 5) is 42.9. The van der Waals surface area contributed by atoms with E-state index in [0.717, 1.165) is 24.7 Å². The largest absolute Gasteiger partial charge is 0.334 e. The van der Waals surface area contributed by atoms with Gasteiger partial charge in [0, 0.05) is 19.1 Å². The third-order valence-corrected chi connectivity index (χ3v) is 6.42. The monoisotopic (exact) mass is 513 g/mol. The van der Waals surface area contributed by atoms with Crippen LogP contribution in [0, 0.1) is 18.3 Å². The van der Waals surface area contributed by atoms with Crippen molar-refractivity contribution in [3.8, 4) is 12.3 Å². The lowest BCUT2D eigenvalue weighted by atomic mass is 10.0. The standard InChI is InChI=1S/C27H41N5O3.C2H6/c1-7-12-22(5)29(6)18-25-31(24(20-33)16-21(3)4)26(34)19-30(15-8-2)32(25)27(35)28-17-23-13-10-9-11-14-23;1-2/h2,9-11,13-14,20-22,24-25H,7,12,15-19H2,1,3-6H3,(H,28,35);1-2H3/t22?,24-,25?;/m0./s1. The first-order chi connectivity index (χ1) is 17.7. The number of carbonyl (C=O) groups excluding carboxylic acids is 3. The number of hydrazine groups is 1. The maximum Gasteiger partial charge on any atom is 0.334 e. The quantitative estimate of drug-likeness (QED) is 0.338. The molecule has 8 nitrogen and oxygen atoms in total. The van der Waals surface area contributed by atoms with Crippen LogP contribution >= 0.6 is 0 Å². The van der Waals surface area contributed by atoms with Crippen molar-refractivity contribution in [3.05, 3.63) is 35.9 Å². The van der Waals surface area contributed by atoms with Gasteiger partial charge in [-0.05, 0) is 38.3 Å². The Balaban J connectivity index is 0.00000334. The molecule has 8 heteroatoms. The molecule has 0 bridgehead atoms. The second-order valence-corrected chi connectivity index (χ2v) is 9.71. The molecule has 3 amide bonds. The molecule has 0 saturated carbocycles. The van der Waals surface area contributed by atoms with Gasteiger partial charge in [0.1, 0.15) is 12.5 Å². The first-order valence-corrected chi connectivity index (χ1v) is 13.5. The van der Waals surface area contributed by atoms with Crippen molar-refractivity contribution >= 4 is 18.2 Å². The number of urea groups is 1. The molecule has 1 aromatic rings. The van der Waals surface area contributed by atoms with E-state index in [0.29, 0.717) is 19.5 Å². The average molecular weight is 514 g/mol. The number of carbonyl (C=O) groups is 3. The summed E-state index contributed by atoms with van der Waals surface area (Å²) < 4.78 is 0. The van der Waals surface area contributed by atoms with Crippen LogP contribution in [-0.4, -0.2) is 83.0 Å². The van der Waals surface area contributed by atoms with E-state index in [9.17, 15) is 14.4 Å². The summed E-state index contributed by atoms with van der Waals surface area (Å²) in [5.41, 5.74) is 0.963. The lowest BCUT2D eigenvalue weighted by molar-refractivity contribution is -0.174. The Kier molecular flexibility index (Phi) is 14.6. The minimum Gasteiger partial charge on any atom is -0.333 e. The fraction of sp³-hybridized carbons (Fsp3) is 0.621. The normalized spacial score (nSPS) is 17.6. The van der Waals surface area contributed by atoms with E-state index in [1.807, 2.05) is 65.1 Å². The molecule has 0 aliphatic carbocycles. The van der Waals surface area contributed by atoms with E-state index in [1.54, 1.807) is 14.9 Å². The van der Waals surface area contributed by atoms with Gasteiger partial charge >= 0.3 is 6.03 Å². The summed E-state index contributed by atoms with van der Waals surface area (Å²) in [7, 11) is 1.99. The van der Waals surface area contributed by atoms with Gasteiger partial charge in [-0.15, -0.1) is 6.42 Å². The smallest absolute Gasteiger partial charge is 0.333 e. The molecule has 0 spiro atoms. The zero-order valence-corrected chi connectivity index (χ0v) is 23.8. The van der Waals surface area contributed by atoms with Crippen molar-refractivity contribution in [1.82, 2.24) is 25.1 Å². The molecule has 1 heterocycles. The summed E-state index contributed by atoms with van der Waals surface area (Å²) in [6.45, 7) is 13.1. The maximum atomic E-state index is 13.6. The lowest BCUT2D eigenvalue weighted by Crippen LogP contribution is -2.72. The lowest BCUT2D eigenvalue weighted by Gasteiger charge is -2.51. The predicted octanol–water partition coefficient (Wildman–Crippen LogP) is 3.98. The van der Waals surface area contributed by atoms with E-state index >= 15 is 0 Å². The Bertz CT molecular complexity index is 870. The van der Waals surface area contributed by atoms with E-state index in [1.165, 1.54) is 0 Å². The number of benzene rings is 1. The molecule has 1 aromatic carbocycles. The molecule has 1 saturated heterocycles. The van der Waals surface area contributed by atoms with E-state index < -0.39 is 12.2 Å². The van der Waals surface area contributed by atoms with Gasteiger partial charge in [-0.25, -0.2) is 9.80 Å². The van der Waals surface area contributed by atoms with Crippen molar-refractivity contribution in [2.75, 3.05) is 26.7 Å². The van der Waals surface area contributed by atoms with E-state index in [2.05, 4.69) is 30.0 Å². The summed E-state index contributed by atoms with van der Waals surface area (Å²) in [6, 6.07) is 8.90. The average Bonchev–Trinajstić information content (AvgIpc) is 2.88. The maximum absolute atomic E-state index is 13.6. The molecule has 1 N–H and O–H groups in total. The molecule has 2 rings (SSSR count). The first kappa shape index (κ1) is 32.1. The van der Waals surface area contributed by atoms with Crippen molar-refractivity contribution in [2.24, 2.45) is 5.92 Å². The van der Waals surface area contributed by atoms with Crippen molar-refractivity contribution in [1.29, 1.82) is 0 Å². The molecule has 0 radical (unpaired) electrons. The summed E-state index contributed by atoms with van der Waals surface area (Å²) in [6.07, 6.45) is 8.30. The van der Waals surface area contributed by atoms with Crippen LogP contribution < -0.4 is 5.32 Å². The van der Waals surface area contributed by atoms with Gasteiger partial charge in [0.15, 0.2) is 0 Å². The summed E-state index contributed by atoms with van der Waals surface area (Å²) in [5, 5.41) is 6.14. The van der Waals surface area contributed by atoms with Crippen LogP contribution in [0.15, 0.2) is 30.3 Å². The van der Waals surface area contributed by atoms with Crippen LogP contribution in [0.25, 0.3) is 0 Å². The Morgan fingerprint density at radius 2 is 1.89 bits per heavy atom. The third kappa shape index (κ3) is 9.49. The fourth-order valence-corrected chi connectivity index (χ4v) is 4.51. The molecule has 1 aliphatic heterocycles. The Hall–Kier alpha value is -2.89. The van der Waals surface area contributed by atoms with Crippen LogP contribution in [-0.2, 0) is 16.1 Å². The minimum atomic E-state index is -0.668. The summed E-state index contributed by atoms with van der Waals surface area (Å²) >= 11 is 0. The number of amides is 3. The second-order valence-electron chi connectivity index (χ2n) is 9.71. The highest BCUT2D eigenvalue weighted by Gasteiger charge is 2.45. The van der Waals surface area contributed by atoms with Crippen molar-refractivity contribution in [3.63, 3.8) is 0 Å². The van der Waals surface area contributed by atoms with Gasteiger partial charge in [0.2, 0.25) is 5.91 Å². The van der Waals surface area contributed by atoms with Crippen LogP contribution in [0.3, 0.4) is 0 Å².